The number of hydrogen-bond donors (Lipinski definition) is 1. The number of carboxylic acid groups (broad SMARTS) is 1. The van der Waals surface area contributed by atoms with Crippen molar-refractivity contribution in [3.63, 3.8) is 0 Å². The molecule has 0 heterocycles. The average molecular weight is 214 g/mol. The van der Waals surface area contributed by atoms with Crippen LogP contribution >= 0.6 is 23.5 Å². The minimum absolute atomic E-state index is 0.124. The van der Waals surface area contributed by atoms with Crippen molar-refractivity contribution >= 4 is 29.5 Å². The molecule has 0 saturated heterocycles. The zero-order valence-electron chi connectivity index (χ0n) is 7.19. The van der Waals surface area contributed by atoms with Crippen LogP contribution in [0, 0.1) is 0 Å². The molecule has 1 rings (SSSR count). The predicted octanol–water partition coefficient (Wildman–Crippen LogP) is 2.59. The van der Waals surface area contributed by atoms with Crippen molar-refractivity contribution in [1.29, 1.82) is 0 Å². The first kappa shape index (κ1) is 10.5. The van der Waals surface area contributed by atoms with Gasteiger partial charge < -0.3 is 5.11 Å². The van der Waals surface area contributed by atoms with Crippen molar-refractivity contribution in [2.75, 3.05) is 12.0 Å². The topological polar surface area (TPSA) is 37.3 Å². The molecule has 13 heavy (non-hydrogen) atoms. The van der Waals surface area contributed by atoms with Gasteiger partial charge in [0.25, 0.3) is 0 Å². The molecule has 0 spiro atoms. The maximum atomic E-state index is 10.3. The first-order valence-corrected chi connectivity index (χ1v) is 5.92. The lowest BCUT2D eigenvalue weighted by Gasteiger charge is -1.99. The van der Waals surface area contributed by atoms with E-state index in [1.54, 1.807) is 11.8 Å². The Hall–Kier alpha value is -0.610. The summed E-state index contributed by atoms with van der Waals surface area (Å²) in [7, 11) is 0. The largest absolute Gasteiger partial charge is 0.481 e. The summed E-state index contributed by atoms with van der Waals surface area (Å²) < 4.78 is 0. The average Bonchev–Trinajstić information content (AvgIpc) is 2.15. The molecule has 0 aliphatic rings. The summed E-state index contributed by atoms with van der Waals surface area (Å²) in [5, 5.41) is 8.45. The van der Waals surface area contributed by atoms with Crippen LogP contribution in [0.25, 0.3) is 0 Å². The van der Waals surface area contributed by atoms with E-state index >= 15 is 0 Å². The van der Waals surface area contributed by atoms with Crippen LogP contribution in [0.1, 0.15) is 0 Å². The fourth-order valence-electron chi connectivity index (χ4n) is 0.817. The minimum atomic E-state index is -0.779. The molecule has 0 aliphatic heterocycles. The highest BCUT2D eigenvalue weighted by Crippen LogP contribution is 2.21. The molecule has 0 fully saturated rings. The van der Waals surface area contributed by atoms with Crippen LogP contribution in [0.5, 0.6) is 0 Å². The normalized spacial score (nSPS) is 9.92. The molecule has 0 saturated carbocycles. The van der Waals surface area contributed by atoms with Gasteiger partial charge in [-0.1, -0.05) is 0 Å². The van der Waals surface area contributed by atoms with Gasteiger partial charge in [0, 0.05) is 9.79 Å². The van der Waals surface area contributed by atoms with Crippen LogP contribution in [0.15, 0.2) is 34.1 Å². The molecule has 0 aromatic heterocycles. The van der Waals surface area contributed by atoms with E-state index in [4.69, 9.17) is 5.11 Å². The monoisotopic (exact) mass is 214 g/mol. The molecule has 0 bridgehead atoms. The molecule has 0 atom stereocenters. The van der Waals surface area contributed by atoms with Crippen molar-refractivity contribution in [2.24, 2.45) is 0 Å². The summed E-state index contributed by atoms with van der Waals surface area (Å²) in [4.78, 5) is 12.5. The molecule has 0 radical (unpaired) electrons. The second-order valence-electron chi connectivity index (χ2n) is 2.36. The SMILES string of the molecule is CSc1ccc(SCC(=O)O)cc1. The Morgan fingerprint density at radius 1 is 1.31 bits per heavy atom. The highest BCUT2D eigenvalue weighted by Gasteiger charge is 1.98. The van der Waals surface area contributed by atoms with E-state index in [9.17, 15) is 4.79 Å². The quantitative estimate of drug-likeness (QED) is 0.782. The number of carbonyl (C=O) groups is 1. The van der Waals surface area contributed by atoms with Gasteiger partial charge >= 0.3 is 5.97 Å². The van der Waals surface area contributed by atoms with Gasteiger partial charge in [-0.05, 0) is 30.5 Å². The Morgan fingerprint density at radius 2 is 1.85 bits per heavy atom. The second-order valence-corrected chi connectivity index (χ2v) is 4.29. The van der Waals surface area contributed by atoms with E-state index in [1.807, 2.05) is 30.5 Å². The van der Waals surface area contributed by atoms with Crippen molar-refractivity contribution in [3.05, 3.63) is 24.3 Å². The fourth-order valence-corrected chi connectivity index (χ4v) is 1.84. The first-order chi connectivity index (χ1) is 6.22. The summed E-state index contributed by atoms with van der Waals surface area (Å²) in [6.07, 6.45) is 2.01. The Bertz CT molecular complexity index is 282. The van der Waals surface area contributed by atoms with E-state index in [0.717, 1.165) is 4.90 Å². The molecular weight excluding hydrogens is 204 g/mol. The maximum Gasteiger partial charge on any atom is 0.313 e. The Balaban J connectivity index is 2.54. The number of carboxylic acids is 1. The summed E-state index contributed by atoms with van der Waals surface area (Å²) >= 11 is 3.02. The molecule has 2 nitrogen and oxygen atoms in total. The van der Waals surface area contributed by atoms with Crippen molar-refractivity contribution in [1.82, 2.24) is 0 Å². The van der Waals surface area contributed by atoms with Gasteiger partial charge in [0.2, 0.25) is 0 Å². The van der Waals surface area contributed by atoms with Gasteiger partial charge in [0.1, 0.15) is 0 Å². The number of thioether (sulfide) groups is 2. The highest BCUT2D eigenvalue weighted by molar-refractivity contribution is 8.00. The third-order valence-electron chi connectivity index (χ3n) is 1.42. The van der Waals surface area contributed by atoms with Crippen LogP contribution in [-0.2, 0) is 4.79 Å². The summed E-state index contributed by atoms with van der Waals surface area (Å²) in [5.41, 5.74) is 0. The molecule has 0 aliphatic carbocycles. The fraction of sp³-hybridized carbons (Fsp3) is 0.222. The molecule has 70 valence electrons. The zero-order chi connectivity index (χ0) is 9.68. The van der Waals surface area contributed by atoms with E-state index in [-0.39, 0.29) is 5.75 Å². The molecule has 0 amide bonds. The zero-order valence-corrected chi connectivity index (χ0v) is 8.82. The van der Waals surface area contributed by atoms with Crippen molar-refractivity contribution in [2.45, 2.75) is 9.79 Å². The van der Waals surface area contributed by atoms with Crippen LogP contribution in [0.2, 0.25) is 0 Å². The summed E-state index contributed by atoms with van der Waals surface area (Å²) in [5.74, 6) is -0.655. The molecular formula is C9H10O2S2. The summed E-state index contributed by atoms with van der Waals surface area (Å²) in [6.45, 7) is 0. The third kappa shape index (κ3) is 3.74. The lowest BCUT2D eigenvalue weighted by molar-refractivity contribution is -0.133. The minimum Gasteiger partial charge on any atom is -0.481 e. The standard InChI is InChI=1S/C9H10O2S2/c1-12-7-2-4-8(5-3-7)13-6-9(10)11/h2-5H,6H2,1H3,(H,10,11). The highest BCUT2D eigenvalue weighted by atomic mass is 32.2. The predicted molar refractivity (Wildman–Crippen MR) is 56.6 cm³/mol. The van der Waals surface area contributed by atoms with Gasteiger partial charge in [-0.25, -0.2) is 0 Å². The van der Waals surface area contributed by atoms with Gasteiger partial charge in [-0.15, -0.1) is 23.5 Å². The molecule has 1 N–H and O–H groups in total. The van der Waals surface area contributed by atoms with E-state index in [2.05, 4.69) is 0 Å². The second kappa shape index (κ2) is 5.19. The molecule has 1 aromatic rings. The number of benzene rings is 1. The Morgan fingerprint density at radius 3 is 2.31 bits per heavy atom. The number of hydrogen-bond acceptors (Lipinski definition) is 3. The van der Waals surface area contributed by atoms with Crippen LogP contribution in [-0.4, -0.2) is 23.1 Å². The van der Waals surface area contributed by atoms with Crippen LogP contribution in [0.4, 0.5) is 0 Å². The molecule has 4 heteroatoms. The van der Waals surface area contributed by atoms with E-state index in [0.29, 0.717) is 0 Å². The van der Waals surface area contributed by atoms with Gasteiger partial charge in [-0.3, -0.25) is 4.79 Å². The lowest BCUT2D eigenvalue weighted by atomic mass is 10.4. The Kier molecular flexibility index (Phi) is 4.18. The smallest absolute Gasteiger partial charge is 0.313 e. The van der Waals surface area contributed by atoms with Crippen LogP contribution in [0.3, 0.4) is 0 Å². The molecule has 0 unspecified atom stereocenters. The van der Waals surface area contributed by atoms with Crippen molar-refractivity contribution in [3.8, 4) is 0 Å². The van der Waals surface area contributed by atoms with Crippen LogP contribution < -0.4 is 0 Å². The summed E-state index contributed by atoms with van der Waals surface area (Å²) in [6, 6.07) is 7.88. The van der Waals surface area contributed by atoms with E-state index < -0.39 is 5.97 Å². The Labute approximate surface area is 85.7 Å². The van der Waals surface area contributed by atoms with Gasteiger partial charge in [-0.2, -0.15) is 0 Å². The van der Waals surface area contributed by atoms with Gasteiger partial charge in [0.15, 0.2) is 0 Å². The van der Waals surface area contributed by atoms with Gasteiger partial charge in [0.05, 0.1) is 5.75 Å². The van der Waals surface area contributed by atoms with E-state index in [1.165, 1.54) is 16.7 Å². The maximum absolute atomic E-state index is 10.3. The lowest BCUT2D eigenvalue weighted by Crippen LogP contribution is -1.97. The molecule has 1 aromatic carbocycles. The third-order valence-corrected chi connectivity index (χ3v) is 3.16. The number of aliphatic carboxylic acids is 1. The number of rotatable bonds is 4. The van der Waals surface area contributed by atoms with Crippen molar-refractivity contribution < 1.29 is 9.90 Å². The first-order valence-electron chi connectivity index (χ1n) is 3.71.